The zero-order valence-corrected chi connectivity index (χ0v) is 12.8. The molecule has 0 radical (unpaired) electrons. The molecule has 0 unspecified atom stereocenters. The van der Waals surface area contributed by atoms with E-state index in [1.165, 1.54) is 18.0 Å². The summed E-state index contributed by atoms with van der Waals surface area (Å²) in [4.78, 5) is 11.8. The summed E-state index contributed by atoms with van der Waals surface area (Å²) in [7, 11) is -1.71. The molecule has 114 valence electrons. The first kappa shape index (κ1) is 16.9. The number of rotatable bonds is 8. The lowest BCUT2D eigenvalue weighted by Gasteiger charge is -2.10. The van der Waals surface area contributed by atoms with E-state index in [2.05, 4.69) is 15.1 Å². The SMILES string of the molecule is COCCn1ncc(NCCNS(C)(=O)=O)c(Cl)c1=O. The Kier molecular flexibility index (Phi) is 6.40. The molecule has 0 saturated carbocycles. The molecular weight excluding hydrogens is 308 g/mol. The van der Waals surface area contributed by atoms with E-state index < -0.39 is 15.6 Å². The van der Waals surface area contributed by atoms with Gasteiger partial charge in [-0.15, -0.1) is 0 Å². The monoisotopic (exact) mass is 324 g/mol. The van der Waals surface area contributed by atoms with Crippen molar-refractivity contribution in [3.05, 3.63) is 21.6 Å². The zero-order chi connectivity index (χ0) is 15.2. The molecule has 0 atom stereocenters. The molecule has 1 aromatic rings. The van der Waals surface area contributed by atoms with Crippen LogP contribution in [-0.4, -0.2) is 51.3 Å². The fraction of sp³-hybridized carbons (Fsp3) is 0.600. The molecule has 0 fully saturated rings. The van der Waals surface area contributed by atoms with Crippen molar-refractivity contribution in [2.24, 2.45) is 0 Å². The quantitative estimate of drug-likeness (QED) is 0.625. The van der Waals surface area contributed by atoms with Crippen LogP contribution in [0.15, 0.2) is 11.0 Å². The highest BCUT2D eigenvalue weighted by Crippen LogP contribution is 2.14. The zero-order valence-electron chi connectivity index (χ0n) is 11.2. The topological polar surface area (TPSA) is 102 Å². The molecule has 1 heterocycles. The van der Waals surface area contributed by atoms with Gasteiger partial charge in [0.05, 0.1) is 31.3 Å². The summed E-state index contributed by atoms with van der Waals surface area (Å²) in [5.41, 5.74) is -0.0644. The van der Waals surface area contributed by atoms with Crippen LogP contribution in [0.25, 0.3) is 0 Å². The highest BCUT2D eigenvalue weighted by atomic mass is 35.5. The molecule has 20 heavy (non-hydrogen) atoms. The van der Waals surface area contributed by atoms with Gasteiger partial charge >= 0.3 is 0 Å². The third-order valence-electron chi connectivity index (χ3n) is 2.30. The van der Waals surface area contributed by atoms with E-state index >= 15 is 0 Å². The number of hydrogen-bond donors (Lipinski definition) is 2. The standard InChI is InChI=1S/C10H17ClN4O4S/c1-19-6-5-15-10(16)9(11)8(7-13-15)12-3-4-14-20(2,17)18/h7,12,14H,3-6H2,1-2H3. The Morgan fingerprint density at radius 2 is 2.15 bits per heavy atom. The number of anilines is 1. The molecule has 2 N–H and O–H groups in total. The molecular formula is C10H17ClN4O4S. The minimum Gasteiger partial charge on any atom is -0.383 e. The normalized spacial score (nSPS) is 11.6. The lowest BCUT2D eigenvalue weighted by molar-refractivity contribution is 0.182. The van der Waals surface area contributed by atoms with E-state index in [0.29, 0.717) is 18.8 Å². The van der Waals surface area contributed by atoms with Gasteiger partial charge in [0.25, 0.3) is 5.56 Å². The molecule has 0 aliphatic rings. The van der Waals surface area contributed by atoms with Crippen LogP contribution >= 0.6 is 11.6 Å². The largest absolute Gasteiger partial charge is 0.383 e. The van der Waals surface area contributed by atoms with Crippen molar-refractivity contribution < 1.29 is 13.2 Å². The van der Waals surface area contributed by atoms with Gasteiger partial charge in [-0.2, -0.15) is 5.10 Å². The van der Waals surface area contributed by atoms with Crippen LogP contribution in [0.1, 0.15) is 0 Å². The average molecular weight is 325 g/mol. The Bertz CT molecular complexity index is 602. The summed E-state index contributed by atoms with van der Waals surface area (Å²) in [6, 6.07) is 0. The first-order chi connectivity index (χ1) is 9.35. The molecule has 1 rings (SSSR count). The molecule has 0 aromatic carbocycles. The van der Waals surface area contributed by atoms with E-state index in [4.69, 9.17) is 16.3 Å². The second-order valence-electron chi connectivity index (χ2n) is 3.99. The Morgan fingerprint density at radius 3 is 2.75 bits per heavy atom. The smallest absolute Gasteiger partial charge is 0.287 e. The Hall–Kier alpha value is -1.16. The molecule has 10 heteroatoms. The summed E-state index contributed by atoms with van der Waals surface area (Å²) < 4.78 is 30.1. The van der Waals surface area contributed by atoms with Gasteiger partial charge in [0.1, 0.15) is 5.02 Å². The van der Waals surface area contributed by atoms with Crippen LogP contribution in [0.4, 0.5) is 5.69 Å². The van der Waals surface area contributed by atoms with Crippen molar-refractivity contribution >= 4 is 27.3 Å². The van der Waals surface area contributed by atoms with Crippen molar-refractivity contribution in [1.82, 2.24) is 14.5 Å². The molecule has 0 spiro atoms. The number of halogens is 1. The maximum Gasteiger partial charge on any atom is 0.287 e. The Balaban J connectivity index is 2.64. The molecule has 0 aliphatic heterocycles. The first-order valence-corrected chi connectivity index (χ1v) is 8.05. The second kappa shape index (κ2) is 7.58. The van der Waals surface area contributed by atoms with Crippen LogP contribution in [-0.2, 0) is 21.3 Å². The van der Waals surface area contributed by atoms with Crippen LogP contribution in [0, 0.1) is 0 Å². The van der Waals surface area contributed by atoms with Crippen molar-refractivity contribution in [2.45, 2.75) is 6.54 Å². The van der Waals surface area contributed by atoms with Crippen molar-refractivity contribution in [3.8, 4) is 0 Å². The number of nitrogens with one attached hydrogen (secondary N) is 2. The van der Waals surface area contributed by atoms with Gasteiger partial charge in [-0.1, -0.05) is 11.6 Å². The fourth-order valence-corrected chi connectivity index (χ4v) is 2.04. The lowest BCUT2D eigenvalue weighted by atomic mass is 10.4. The summed E-state index contributed by atoms with van der Waals surface area (Å²) in [6.07, 6.45) is 2.48. The number of ether oxygens (including phenoxy) is 1. The predicted octanol–water partition coefficient (Wildman–Crippen LogP) is -0.496. The summed E-state index contributed by atoms with van der Waals surface area (Å²) in [6.45, 7) is 1.14. The van der Waals surface area contributed by atoms with Crippen LogP contribution < -0.4 is 15.6 Å². The van der Waals surface area contributed by atoms with Gasteiger partial charge in [-0.3, -0.25) is 4.79 Å². The van der Waals surface area contributed by atoms with Crippen molar-refractivity contribution in [1.29, 1.82) is 0 Å². The molecule has 0 saturated heterocycles. The summed E-state index contributed by atoms with van der Waals surface area (Å²) in [5, 5.41) is 6.80. The minimum absolute atomic E-state index is 0.00968. The summed E-state index contributed by atoms with van der Waals surface area (Å²) in [5.74, 6) is 0. The lowest BCUT2D eigenvalue weighted by Crippen LogP contribution is -2.29. The number of methoxy groups -OCH3 is 1. The maximum absolute atomic E-state index is 11.8. The number of sulfonamides is 1. The highest BCUT2D eigenvalue weighted by molar-refractivity contribution is 7.88. The number of nitrogens with zero attached hydrogens (tertiary/aromatic N) is 2. The second-order valence-corrected chi connectivity index (χ2v) is 6.20. The Labute approximate surface area is 122 Å². The van der Waals surface area contributed by atoms with Gasteiger partial charge in [0.15, 0.2) is 0 Å². The number of hydrogen-bond acceptors (Lipinski definition) is 6. The van der Waals surface area contributed by atoms with E-state index in [0.717, 1.165) is 6.26 Å². The van der Waals surface area contributed by atoms with E-state index in [-0.39, 0.29) is 18.1 Å². The van der Waals surface area contributed by atoms with Gasteiger partial charge < -0.3 is 10.1 Å². The van der Waals surface area contributed by atoms with E-state index in [1.807, 2.05) is 0 Å². The molecule has 0 bridgehead atoms. The predicted molar refractivity (Wildman–Crippen MR) is 76.7 cm³/mol. The van der Waals surface area contributed by atoms with Crippen molar-refractivity contribution in [2.75, 3.05) is 38.4 Å². The van der Waals surface area contributed by atoms with E-state index in [9.17, 15) is 13.2 Å². The average Bonchev–Trinajstić information content (AvgIpc) is 2.37. The van der Waals surface area contributed by atoms with Crippen LogP contribution in [0.2, 0.25) is 5.02 Å². The molecule has 0 aliphatic carbocycles. The maximum atomic E-state index is 11.8. The van der Waals surface area contributed by atoms with Crippen LogP contribution in [0.3, 0.4) is 0 Å². The molecule has 1 aromatic heterocycles. The summed E-state index contributed by atoms with van der Waals surface area (Å²) >= 11 is 5.93. The van der Waals surface area contributed by atoms with Crippen molar-refractivity contribution in [3.63, 3.8) is 0 Å². The Morgan fingerprint density at radius 1 is 1.45 bits per heavy atom. The first-order valence-electron chi connectivity index (χ1n) is 5.78. The van der Waals surface area contributed by atoms with Gasteiger partial charge in [-0.25, -0.2) is 17.8 Å². The third-order valence-corrected chi connectivity index (χ3v) is 3.39. The minimum atomic E-state index is -3.23. The molecule has 8 nitrogen and oxygen atoms in total. The van der Waals surface area contributed by atoms with Crippen LogP contribution in [0.5, 0.6) is 0 Å². The van der Waals surface area contributed by atoms with Gasteiger partial charge in [-0.05, 0) is 0 Å². The number of aromatic nitrogens is 2. The highest BCUT2D eigenvalue weighted by Gasteiger charge is 2.09. The third kappa shape index (κ3) is 5.45. The van der Waals surface area contributed by atoms with Gasteiger partial charge in [0.2, 0.25) is 10.0 Å². The van der Waals surface area contributed by atoms with E-state index in [1.54, 1.807) is 0 Å². The van der Waals surface area contributed by atoms with Gasteiger partial charge in [0, 0.05) is 20.2 Å². The fourth-order valence-electron chi connectivity index (χ4n) is 1.36. The molecule has 0 amide bonds.